The fourth-order valence-electron chi connectivity index (χ4n) is 4.31. The molecule has 1 fully saturated rings. The third kappa shape index (κ3) is 4.00. The van der Waals surface area contributed by atoms with E-state index in [1.54, 1.807) is 12.1 Å². The number of nitrogens with zero attached hydrogens (tertiary/aromatic N) is 2. The van der Waals surface area contributed by atoms with Crippen molar-refractivity contribution in [1.29, 1.82) is 0 Å². The molecule has 2 N–H and O–H groups in total. The van der Waals surface area contributed by atoms with Crippen LogP contribution in [0.2, 0.25) is 0 Å². The Bertz CT molecular complexity index is 716. The van der Waals surface area contributed by atoms with Crippen LogP contribution < -0.4 is 5.73 Å². The quantitative estimate of drug-likeness (QED) is 0.896. The maximum Gasteiger partial charge on any atom is 0.289 e. The Kier molecular flexibility index (Phi) is 5.79. The number of carbonyl (C=O) groups is 1. The highest BCUT2D eigenvalue weighted by Crippen LogP contribution is 2.28. The van der Waals surface area contributed by atoms with E-state index in [9.17, 15) is 4.79 Å². The summed E-state index contributed by atoms with van der Waals surface area (Å²) < 4.78 is 5.55. The molecule has 3 rings (SSSR count). The normalized spacial score (nSPS) is 23.8. The molecule has 2 aromatic rings. The molecule has 3 atom stereocenters. The zero-order chi connectivity index (χ0) is 18.7. The number of hydrogen-bond acceptors (Lipinski definition) is 4. The van der Waals surface area contributed by atoms with Crippen molar-refractivity contribution < 1.29 is 9.21 Å². The fraction of sp³-hybridized carbons (Fsp3) is 0.476. The zero-order valence-corrected chi connectivity index (χ0v) is 15.9. The third-order valence-corrected chi connectivity index (χ3v) is 5.35. The van der Waals surface area contributed by atoms with Crippen molar-refractivity contribution in [3.05, 3.63) is 59.5 Å². The first-order valence-corrected chi connectivity index (χ1v) is 9.31. The molecule has 0 bridgehead atoms. The van der Waals surface area contributed by atoms with Gasteiger partial charge in [-0.15, -0.1) is 0 Å². The number of amides is 1. The second-order valence-corrected chi connectivity index (χ2v) is 7.51. The maximum absolute atomic E-state index is 12.8. The zero-order valence-electron chi connectivity index (χ0n) is 15.9. The number of carbonyl (C=O) groups excluding carboxylic acids is 1. The van der Waals surface area contributed by atoms with E-state index < -0.39 is 0 Å². The number of benzene rings is 1. The predicted octanol–water partition coefficient (Wildman–Crippen LogP) is 2.97. The molecule has 140 valence electrons. The lowest BCUT2D eigenvalue weighted by atomic mass is 9.84. The number of piperidine rings is 1. The van der Waals surface area contributed by atoms with Gasteiger partial charge in [0, 0.05) is 32.7 Å². The van der Waals surface area contributed by atoms with Gasteiger partial charge in [0.1, 0.15) is 5.76 Å². The maximum atomic E-state index is 12.8. The third-order valence-electron chi connectivity index (χ3n) is 5.35. The predicted molar refractivity (Wildman–Crippen MR) is 103 cm³/mol. The van der Waals surface area contributed by atoms with Gasteiger partial charge in [-0.05, 0) is 29.5 Å². The molecule has 2 heterocycles. The van der Waals surface area contributed by atoms with Crippen LogP contribution in [0, 0.1) is 11.8 Å². The van der Waals surface area contributed by atoms with Crippen LogP contribution in [0.15, 0.2) is 46.9 Å². The summed E-state index contributed by atoms with van der Waals surface area (Å²) in [5.41, 5.74) is 6.91. The molecule has 1 aliphatic heterocycles. The van der Waals surface area contributed by atoms with E-state index in [4.69, 9.17) is 10.2 Å². The Morgan fingerprint density at radius 1 is 1.15 bits per heavy atom. The van der Waals surface area contributed by atoms with Crippen molar-refractivity contribution in [3.8, 4) is 0 Å². The van der Waals surface area contributed by atoms with Gasteiger partial charge in [0.25, 0.3) is 5.91 Å². The highest BCUT2D eigenvalue weighted by molar-refractivity contribution is 5.91. The molecule has 1 aromatic carbocycles. The van der Waals surface area contributed by atoms with Crippen LogP contribution in [-0.4, -0.2) is 41.9 Å². The van der Waals surface area contributed by atoms with Crippen molar-refractivity contribution in [2.45, 2.75) is 33.0 Å². The Balaban J connectivity index is 1.66. The summed E-state index contributed by atoms with van der Waals surface area (Å²) >= 11 is 0. The van der Waals surface area contributed by atoms with Gasteiger partial charge in [0.2, 0.25) is 0 Å². The standard InChI is InChI=1S/C21H29N3O2/c1-15-12-24(14-17-7-5-4-6-8-17)13-16(2)20(15)23(3)21(25)19-10-9-18(11-22)26-19/h4-10,15-16,20H,11-14,22H2,1-3H3/t15-,16+,20?. The number of furan rings is 1. The van der Waals surface area contributed by atoms with Crippen molar-refractivity contribution in [2.24, 2.45) is 17.6 Å². The Hall–Kier alpha value is -2.11. The molecule has 0 spiro atoms. The molecule has 1 amide bonds. The molecule has 0 aliphatic carbocycles. The summed E-state index contributed by atoms with van der Waals surface area (Å²) in [5, 5.41) is 0. The summed E-state index contributed by atoms with van der Waals surface area (Å²) in [6.45, 7) is 7.69. The molecular weight excluding hydrogens is 326 g/mol. The van der Waals surface area contributed by atoms with E-state index >= 15 is 0 Å². The average Bonchev–Trinajstić information content (AvgIpc) is 3.10. The van der Waals surface area contributed by atoms with Gasteiger partial charge in [0.05, 0.1) is 6.54 Å². The molecular formula is C21H29N3O2. The Morgan fingerprint density at radius 2 is 1.81 bits per heavy atom. The van der Waals surface area contributed by atoms with Crippen molar-refractivity contribution >= 4 is 5.91 Å². The molecule has 1 aromatic heterocycles. The average molecular weight is 355 g/mol. The minimum atomic E-state index is -0.0649. The van der Waals surface area contributed by atoms with E-state index in [-0.39, 0.29) is 11.9 Å². The fourth-order valence-corrected chi connectivity index (χ4v) is 4.31. The Labute approximate surface area is 155 Å². The number of hydrogen-bond donors (Lipinski definition) is 1. The van der Waals surface area contributed by atoms with Crippen LogP contribution in [0.4, 0.5) is 0 Å². The van der Waals surface area contributed by atoms with E-state index in [2.05, 4.69) is 43.0 Å². The smallest absolute Gasteiger partial charge is 0.289 e. The molecule has 1 aliphatic rings. The second kappa shape index (κ2) is 8.06. The first-order chi connectivity index (χ1) is 12.5. The summed E-state index contributed by atoms with van der Waals surface area (Å²) in [6.07, 6.45) is 0. The Morgan fingerprint density at radius 3 is 2.38 bits per heavy atom. The minimum Gasteiger partial charge on any atom is -0.455 e. The van der Waals surface area contributed by atoms with Crippen LogP contribution in [0.25, 0.3) is 0 Å². The molecule has 26 heavy (non-hydrogen) atoms. The topological polar surface area (TPSA) is 62.7 Å². The number of nitrogens with two attached hydrogens (primary N) is 1. The minimum absolute atomic E-state index is 0.0649. The summed E-state index contributed by atoms with van der Waals surface area (Å²) in [4.78, 5) is 17.2. The van der Waals surface area contributed by atoms with Gasteiger partial charge in [-0.3, -0.25) is 9.69 Å². The van der Waals surface area contributed by atoms with Crippen LogP contribution in [0.1, 0.15) is 35.7 Å². The van der Waals surface area contributed by atoms with Gasteiger partial charge in [-0.25, -0.2) is 0 Å². The SMILES string of the molecule is C[C@@H]1CN(Cc2ccccc2)C[C@H](C)C1N(C)C(=O)c1ccc(CN)o1. The van der Waals surface area contributed by atoms with E-state index in [1.807, 2.05) is 18.0 Å². The molecule has 0 saturated carbocycles. The first-order valence-electron chi connectivity index (χ1n) is 9.31. The van der Waals surface area contributed by atoms with Crippen molar-refractivity contribution in [3.63, 3.8) is 0 Å². The summed E-state index contributed by atoms with van der Waals surface area (Å²) in [5.74, 6) is 1.73. The van der Waals surface area contributed by atoms with E-state index in [0.717, 1.165) is 19.6 Å². The van der Waals surface area contributed by atoms with Gasteiger partial charge < -0.3 is 15.1 Å². The molecule has 5 nitrogen and oxygen atoms in total. The van der Waals surface area contributed by atoms with Crippen LogP contribution in [0.3, 0.4) is 0 Å². The van der Waals surface area contributed by atoms with Gasteiger partial charge in [-0.1, -0.05) is 44.2 Å². The second-order valence-electron chi connectivity index (χ2n) is 7.51. The summed E-state index contributed by atoms with van der Waals surface area (Å²) in [6, 6.07) is 14.2. The molecule has 1 saturated heterocycles. The van der Waals surface area contributed by atoms with Crippen LogP contribution in [0.5, 0.6) is 0 Å². The molecule has 1 unspecified atom stereocenters. The first kappa shape index (κ1) is 18.7. The lowest BCUT2D eigenvalue weighted by Gasteiger charge is -2.45. The largest absolute Gasteiger partial charge is 0.455 e. The number of rotatable bonds is 5. The van der Waals surface area contributed by atoms with Gasteiger partial charge in [0.15, 0.2) is 5.76 Å². The van der Waals surface area contributed by atoms with Crippen molar-refractivity contribution in [2.75, 3.05) is 20.1 Å². The molecule has 0 radical (unpaired) electrons. The van der Waals surface area contributed by atoms with E-state index in [0.29, 0.717) is 29.9 Å². The van der Waals surface area contributed by atoms with Crippen molar-refractivity contribution in [1.82, 2.24) is 9.80 Å². The van der Waals surface area contributed by atoms with Crippen LogP contribution >= 0.6 is 0 Å². The lowest BCUT2D eigenvalue weighted by molar-refractivity contribution is 0.0251. The summed E-state index contributed by atoms with van der Waals surface area (Å²) in [7, 11) is 1.89. The highest BCUT2D eigenvalue weighted by atomic mass is 16.4. The highest BCUT2D eigenvalue weighted by Gasteiger charge is 2.37. The van der Waals surface area contributed by atoms with Gasteiger partial charge in [-0.2, -0.15) is 0 Å². The molecule has 5 heteroatoms. The monoisotopic (exact) mass is 355 g/mol. The number of likely N-dealkylation sites (tertiary alicyclic amines) is 1. The van der Waals surface area contributed by atoms with E-state index in [1.165, 1.54) is 5.56 Å². The lowest BCUT2D eigenvalue weighted by Crippen LogP contribution is -2.55. The van der Waals surface area contributed by atoms with Gasteiger partial charge >= 0.3 is 0 Å². The van der Waals surface area contributed by atoms with Crippen LogP contribution in [-0.2, 0) is 13.1 Å².